The first-order valence-corrected chi connectivity index (χ1v) is 5.93. The average molecular weight is 267 g/mol. The van der Waals surface area contributed by atoms with Gasteiger partial charge < -0.3 is 4.74 Å². The first kappa shape index (κ1) is 12.1. The van der Waals surface area contributed by atoms with E-state index in [0.717, 1.165) is 0 Å². The van der Waals surface area contributed by atoms with Crippen molar-refractivity contribution < 1.29 is 14.5 Å². The second-order valence-electron chi connectivity index (χ2n) is 4.26. The van der Waals surface area contributed by atoms with E-state index in [2.05, 4.69) is 0 Å². The summed E-state index contributed by atoms with van der Waals surface area (Å²) in [5.41, 5.74) is 1.22. The summed E-state index contributed by atoms with van der Waals surface area (Å²) in [6, 6.07) is 14.7. The fourth-order valence-electron chi connectivity index (χ4n) is 1.87. The zero-order chi connectivity index (χ0) is 14.1. The summed E-state index contributed by atoms with van der Waals surface area (Å²) in [6.45, 7) is 0. The number of allylic oxidation sites excluding steroid dienone is 1. The molecule has 0 atom stereocenters. The summed E-state index contributed by atoms with van der Waals surface area (Å²) in [5.74, 6) is 0.595. The van der Waals surface area contributed by atoms with E-state index in [4.69, 9.17) is 4.74 Å². The second-order valence-corrected chi connectivity index (χ2v) is 4.26. The van der Waals surface area contributed by atoms with Gasteiger partial charge in [-0.3, -0.25) is 14.9 Å². The molecule has 0 aromatic heterocycles. The van der Waals surface area contributed by atoms with E-state index in [9.17, 15) is 14.9 Å². The summed E-state index contributed by atoms with van der Waals surface area (Å²) in [7, 11) is 0. The van der Waals surface area contributed by atoms with Crippen LogP contribution < -0.4 is 0 Å². The fraction of sp³-hybridized carbons (Fsp3) is 0. The summed E-state index contributed by atoms with van der Waals surface area (Å²) < 4.78 is 5.23. The number of carbonyl (C=O) groups excluding carboxylic acids is 1. The summed E-state index contributed by atoms with van der Waals surface area (Å²) in [6.07, 6.45) is 0. The molecule has 0 aliphatic carbocycles. The Bertz CT molecular complexity index is 717. The fourth-order valence-corrected chi connectivity index (χ4v) is 1.87. The largest absolute Gasteiger partial charge is 0.445 e. The number of ketones is 1. The molecule has 20 heavy (non-hydrogen) atoms. The number of non-ortho nitro benzene ring substituents is 1. The molecule has 5 heteroatoms. The number of benzene rings is 2. The minimum absolute atomic E-state index is 0.00550. The van der Waals surface area contributed by atoms with Gasteiger partial charge in [0.15, 0.2) is 5.76 Å². The smallest absolute Gasteiger partial charge is 0.269 e. The predicted octanol–water partition coefficient (Wildman–Crippen LogP) is 3.18. The van der Waals surface area contributed by atoms with E-state index in [1.165, 1.54) is 12.1 Å². The van der Waals surface area contributed by atoms with Gasteiger partial charge in [0.1, 0.15) is 0 Å². The molecule has 0 bridgehead atoms. The Morgan fingerprint density at radius 2 is 1.65 bits per heavy atom. The van der Waals surface area contributed by atoms with Gasteiger partial charge in [-0.1, -0.05) is 30.3 Å². The minimum Gasteiger partial charge on any atom is -0.445 e. The number of carbonyl (C=O) groups is 1. The molecule has 0 saturated heterocycles. The third kappa shape index (κ3) is 2.16. The summed E-state index contributed by atoms with van der Waals surface area (Å²) >= 11 is 0. The standard InChI is InChI=1S/C15H9NO4/c17-13(10-4-2-1-3-5-10)15-14(20-15)11-6-8-12(9-7-11)16(18)19/h1-9H. The van der Waals surface area contributed by atoms with Crippen LogP contribution in [0.4, 0.5) is 5.69 Å². The molecule has 0 fully saturated rings. The zero-order valence-electron chi connectivity index (χ0n) is 10.3. The van der Waals surface area contributed by atoms with Crippen molar-refractivity contribution in [1.29, 1.82) is 0 Å². The number of hydrogen-bond donors (Lipinski definition) is 0. The number of nitro groups is 1. The van der Waals surface area contributed by atoms with Crippen LogP contribution in [0.2, 0.25) is 0 Å². The Hall–Kier alpha value is -2.95. The van der Waals surface area contributed by atoms with Gasteiger partial charge in [0.25, 0.3) is 5.69 Å². The number of nitrogens with zero attached hydrogens (tertiary/aromatic N) is 1. The lowest BCUT2D eigenvalue weighted by atomic mass is 10.1. The van der Waals surface area contributed by atoms with E-state index < -0.39 is 4.92 Å². The Labute approximate surface area is 114 Å². The van der Waals surface area contributed by atoms with Crippen LogP contribution >= 0.6 is 0 Å². The van der Waals surface area contributed by atoms with Gasteiger partial charge in [-0.05, 0) is 12.1 Å². The number of ether oxygens (including phenoxy) is 1. The lowest BCUT2D eigenvalue weighted by Crippen LogP contribution is -1.95. The highest BCUT2D eigenvalue weighted by Crippen LogP contribution is 2.38. The van der Waals surface area contributed by atoms with Gasteiger partial charge in [0, 0.05) is 23.3 Å². The van der Waals surface area contributed by atoms with E-state index in [0.29, 0.717) is 22.6 Å². The summed E-state index contributed by atoms with van der Waals surface area (Å²) in [5, 5.41) is 10.6. The molecule has 3 rings (SSSR count). The van der Waals surface area contributed by atoms with Gasteiger partial charge in [-0.2, -0.15) is 0 Å². The van der Waals surface area contributed by atoms with E-state index >= 15 is 0 Å². The molecular formula is C15H9NO4. The molecule has 2 aromatic carbocycles. The van der Waals surface area contributed by atoms with Crippen molar-refractivity contribution in [2.75, 3.05) is 0 Å². The average Bonchev–Trinajstić information content (AvgIpc) is 3.28. The maximum absolute atomic E-state index is 12.1. The van der Waals surface area contributed by atoms with Gasteiger partial charge in [-0.25, -0.2) is 0 Å². The van der Waals surface area contributed by atoms with Crippen molar-refractivity contribution in [2.45, 2.75) is 0 Å². The van der Waals surface area contributed by atoms with Crippen molar-refractivity contribution in [1.82, 2.24) is 0 Å². The third-order valence-electron chi connectivity index (χ3n) is 2.95. The van der Waals surface area contributed by atoms with Crippen LogP contribution in [-0.2, 0) is 4.74 Å². The topological polar surface area (TPSA) is 72.7 Å². The Balaban J connectivity index is 1.85. The van der Waals surface area contributed by atoms with Crippen LogP contribution in [0.15, 0.2) is 60.4 Å². The first-order chi connectivity index (χ1) is 9.66. The van der Waals surface area contributed by atoms with Crippen LogP contribution in [0.5, 0.6) is 0 Å². The number of rotatable bonds is 4. The monoisotopic (exact) mass is 267 g/mol. The van der Waals surface area contributed by atoms with E-state index in [-0.39, 0.29) is 11.5 Å². The molecule has 2 aromatic rings. The van der Waals surface area contributed by atoms with Crippen molar-refractivity contribution in [3.8, 4) is 0 Å². The van der Waals surface area contributed by atoms with E-state index in [1.54, 1.807) is 36.4 Å². The van der Waals surface area contributed by atoms with Crippen molar-refractivity contribution in [3.63, 3.8) is 0 Å². The first-order valence-electron chi connectivity index (χ1n) is 5.93. The van der Waals surface area contributed by atoms with Gasteiger partial charge in [0.05, 0.1) is 4.92 Å². The van der Waals surface area contributed by atoms with Gasteiger partial charge in [0.2, 0.25) is 11.5 Å². The molecule has 5 nitrogen and oxygen atoms in total. The van der Waals surface area contributed by atoms with Crippen LogP contribution in [0.3, 0.4) is 0 Å². The maximum atomic E-state index is 12.1. The Morgan fingerprint density at radius 1 is 1.00 bits per heavy atom. The van der Waals surface area contributed by atoms with E-state index in [1.807, 2.05) is 6.07 Å². The Morgan fingerprint density at radius 3 is 2.25 bits per heavy atom. The molecule has 1 heterocycles. The molecule has 98 valence electrons. The molecular weight excluding hydrogens is 258 g/mol. The highest BCUT2D eigenvalue weighted by Gasteiger charge is 2.34. The zero-order valence-corrected chi connectivity index (χ0v) is 10.3. The van der Waals surface area contributed by atoms with Crippen molar-refractivity contribution in [2.24, 2.45) is 0 Å². The molecule has 0 unspecified atom stereocenters. The number of hydrogen-bond acceptors (Lipinski definition) is 4. The number of Topliss-reactive ketones (excluding diaryl/α,β-unsaturated/α-hetero) is 1. The minimum atomic E-state index is -0.470. The maximum Gasteiger partial charge on any atom is 0.269 e. The highest BCUT2D eigenvalue weighted by atomic mass is 16.6. The second kappa shape index (κ2) is 4.62. The van der Waals surface area contributed by atoms with Crippen LogP contribution in [0.1, 0.15) is 15.9 Å². The summed E-state index contributed by atoms with van der Waals surface area (Å²) in [4.78, 5) is 22.2. The van der Waals surface area contributed by atoms with Crippen LogP contribution in [0, 0.1) is 10.1 Å². The Kier molecular flexibility index (Phi) is 2.80. The quantitative estimate of drug-likeness (QED) is 0.484. The molecule has 1 aliphatic heterocycles. The number of nitro benzene ring substituents is 1. The molecule has 0 N–H and O–H groups in total. The normalized spacial score (nSPS) is 12.8. The molecule has 0 spiro atoms. The van der Waals surface area contributed by atoms with Crippen molar-refractivity contribution in [3.05, 3.63) is 81.6 Å². The van der Waals surface area contributed by atoms with Gasteiger partial charge >= 0.3 is 0 Å². The lowest BCUT2D eigenvalue weighted by Gasteiger charge is -1.91. The SMILES string of the molecule is O=C(C1=C(c2ccc([N+](=O)[O-])cc2)O1)c1ccccc1. The van der Waals surface area contributed by atoms with Crippen LogP contribution in [-0.4, -0.2) is 10.7 Å². The molecule has 0 radical (unpaired) electrons. The van der Waals surface area contributed by atoms with Crippen LogP contribution in [0.25, 0.3) is 5.76 Å². The van der Waals surface area contributed by atoms with Crippen molar-refractivity contribution >= 4 is 17.2 Å². The predicted molar refractivity (Wildman–Crippen MR) is 71.9 cm³/mol. The lowest BCUT2D eigenvalue weighted by molar-refractivity contribution is -0.384. The highest BCUT2D eigenvalue weighted by molar-refractivity contribution is 6.15. The van der Waals surface area contributed by atoms with Gasteiger partial charge in [-0.15, -0.1) is 0 Å². The molecule has 0 amide bonds. The molecule has 1 aliphatic rings. The third-order valence-corrected chi connectivity index (χ3v) is 2.95. The molecule has 0 saturated carbocycles.